The SMILES string of the molecule is C[Si](C)(C)[CH2][Mg][CH2]c1ccccc1. The molecule has 68 valence electrons. The fourth-order valence-corrected chi connectivity index (χ4v) is 7.16. The molecule has 0 aromatic heterocycles. The van der Waals surface area contributed by atoms with Crippen molar-refractivity contribution < 1.29 is 0 Å². The molecule has 0 aliphatic rings. The first kappa shape index (κ1) is 11.3. The zero-order chi connectivity index (χ0) is 9.73. The third kappa shape index (κ3) is 5.50. The van der Waals surface area contributed by atoms with Gasteiger partial charge in [0.05, 0.1) is 0 Å². The van der Waals surface area contributed by atoms with Crippen LogP contribution in [-0.2, 0) is 4.55 Å². The number of hydrogen-bond donors (Lipinski definition) is 0. The van der Waals surface area contributed by atoms with Crippen molar-refractivity contribution in [2.24, 2.45) is 0 Å². The Morgan fingerprint density at radius 3 is 2.23 bits per heavy atom. The maximum absolute atomic E-state index is 2.48. The smallest absolute Gasteiger partial charge is 0.149 e. The highest BCUT2D eigenvalue weighted by Crippen LogP contribution is 2.08. The lowest BCUT2D eigenvalue weighted by Gasteiger charge is -2.14. The summed E-state index contributed by atoms with van der Waals surface area (Å²) in [6.07, 6.45) is 0. The molecule has 0 N–H and O–H groups in total. The summed E-state index contributed by atoms with van der Waals surface area (Å²) in [6.45, 7) is 7.43. The Labute approximate surface area is 92.5 Å². The second-order valence-corrected chi connectivity index (χ2v) is 13.2. The summed E-state index contributed by atoms with van der Waals surface area (Å²) < 4.78 is 2.98. The summed E-state index contributed by atoms with van der Waals surface area (Å²) in [5.41, 5.74) is 1.55. The van der Waals surface area contributed by atoms with E-state index < -0.39 is 8.07 Å². The van der Waals surface area contributed by atoms with Gasteiger partial charge in [-0.3, -0.25) is 0 Å². The van der Waals surface area contributed by atoms with Gasteiger partial charge in [-0.1, -0.05) is 55.5 Å². The molecule has 1 rings (SSSR count). The molecule has 0 heterocycles. The summed E-state index contributed by atoms with van der Waals surface area (Å²) in [5, 5.41) is 0. The van der Waals surface area contributed by atoms with E-state index in [9.17, 15) is 0 Å². The Morgan fingerprint density at radius 2 is 1.69 bits per heavy atom. The predicted octanol–water partition coefficient (Wildman–Crippen LogP) is 3.19. The molecule has 0 amide bonds. The maximum Gasteiger partial charge on any atom is 0.367 e. The van der Waals surface area contributed by atoms with Gasteiger partial charge in [0.25, 0.3) is 0 Å². The Hall–Kier alpha value is 0.203. The molecular formula is C11H18MgSi. The van der Waals surface area contributed by atoms with Gasteiger partial charge in [-0.15, -0.1) is 8.72 Å². The lowest BCUT2D eigenvalue weighted by molar-refractivity contribution is 1.37. The van der Waals surface area contributed by atoms with E-state index in [4.69, 9.17) is 0 Å². The normalized spacial score (nSPS) is 11.0. The summed E-state index contributed by atoms with van der Waals surface area (Å²) in [5.74, 6) is 0. The van der Waals surface area contributed by atoms with Crippen molar-refractivity contribution in [1.29, 1.82) is 0 Å². The molecule has 1 aromatic carbocycles. The Kier molecular flexibility index (Phi) is 4.49. The van der Waals surface area contributed by atoms with Gasteiger partial charge in [0.15, 0.2) is 0 Å². The average molecular weight is 203 g/mol. The monoisotopic (exact) mass is 202 g/mol. The summed E-state index contributed by atoms with van der Waals surface area (Å²) in [7, 11) is -0.749. The van der Waals surface area contributed by atoms with Crippen molar-refractivity contribution in [2.45, 2.75) is 28.4 Å². The first-order valence-corrected chi connectivity index (χ1v) is 10.8. The zero-order valence-electron chi connectivity index (χ0n) is 9.01. The number of rotatable bonds is 4. The van der Waals surface area contributed by atoms with Crippen LogP contribution in [0.3, 0.4) is 0 Å². The van der Waals surface area contributed by atoms with Crippen molar-refractivity contribution in [2.75, 3.05) is 0 Å². The topological polar surface area (TPSA) is 0 Å². The Bertz CT molecular complexity index is 238. The maximum atomic E-state index is 2.48. The largest absolute Gasteiger partial charge is 0.367 e. The van der Waals surface area contributed by atoms with E-state index in [-0.39, 0.29) is 20.4 Å². The van der Waals surface area contributed by atoms with Crippen molar-refractivity contribution in [3.05, 3.63) is 35.9 Å². The van der Waals surface area contributed by atoms with E-state index >= 15 is 0 Å². The van der Waals surface area contributed by atoms with Crippen LogP contribution in [0.25, 0.3) is 0 Å². The molecule has 0 saturated carbocycles. The van der Waals surface area contributed by atoms with Crippen molar-refractivity contribution >= 4 is 28.4 Å². The van der Waals surface area contributed by atoms with Gasteiger partial charge in [0.1, 0.15) is 0 Å². The van der Waals surface area contributed by atoms with Gasteiger partial charge >= 0.3 is 20.4 Å². The molecular weight excluding hydrogens is 185 g/mol. The van der Waals surface area contributed by atoms with E-state index in [1.54, 1.807) is 9.74 Å². The molecule has 0 bridgehead atoms. The first-order chi connectivity index (χ1) is 6.08. The highest BCUT2D eigenvalue weighted by molar-refractivity contribution is 6.83. The molecule has 0 aliphatic carbocycles. The number of hydrogen-bond acceptors (Lipinski definition) is 0. The zero-order valence-corrected chi connectivity index (χ0v) is 11.4. The molecule has 0 spiro atoms. The van der Waals surface area contributed by atoms with Crippen LogP contribution in [0.4, 0.5) is 0 Å². The van der Waals surface area contributed by atoms with Crippen LogP contribution in [0, 0.1) is 0 Å². The van der Waals surface area contributed by atoms with Crippen molar-refractivity contribution in [3.8, 4) is 0 Å². The van der Waals surface area contributed by atoms with Gasteiger partial charge in [-0.2, -0.15) is 0 Å². The van der Waals surface area contributed by atoms with E-state index in [0.29, 0.717) is 0 Å². The van der Waals surface area contributed by atoms with Crippen LogP contribution >= 0.6 is 0 Å². The van der Waals surface area contributed by atoms with Gasteiger partial charge in [0.2, 0.25) is 0 Å². The average Bonchev–Trinajstić information content (AvgIpc) is 2.04. The van der Waals surface area contributed by atoms with Crippen molar-refractivity contribution in [3.63, 3.8) is 0 Å². The van der Waals surface area contributed by atoms with Crippen LogP contribution in [0.15, 0.2) is 30.3 Å². The van der Waals surface area contributed by atoms with Crippen LogP contribution in [-0.4, -0.2) is 28.4 Å². The van der Waals surface area contributed by atoms with Crippen LogP contribution in [0.5, 0.6) is 0 Å². The predicted molar refractivity (Wildman–Crippen MR) is 64.1 cm³/mol. The lowest BCUT2D eigenvalue weighted by atomic mass is 10.2. The third-order valence-electron chi connectivity index (χ3n) is 2.24. The second kappa shape index (κ2) is 5.18. The minimum atomic E-state index is -0.749. The van der Waals surface area contributed by atoms with Crippen LogP contribution in [0.2, 0.25) is 23.8 Å². The highest BCUT2D eigenvalue weighted by Gasteiger charge is 2.13. The lowest BCUT2D eigenvalue weighted by Crippen LogP contribution is -2.23. The molecule has 1 aromatic rings. The van der Waals surface area contributed by atoms with Crippen LogP contribution in [0.1, 0.15) is 5.56 Å². The standard InChI is InChI=1S/C7H7.C4H11Si.Mg/c1-7-5-3-2-4-6-7;1-5(2,3)4;/h2-6H,1H2;1H2,2-4H3;. The molecule has 13 heavy (non-hydrogen) atoms. The van der Waals surface area contributed by atoms with Gasteiger partial charge in [-0.05, 0) is 0 Å². The summed E-state index contributed by atoms with van der Waals surface area (Å²) in [6, 6.07) is 10.9. The molecule has 0 unspecified atom stereocenters. The van der Waals surface area contributed by atoms with Crippen LogP contribution < -0.4 is 0 Å². The molecule has 0 aliphatic heterocycles. The fourth-order valence-electron chi connectivity index (χ4n) is 1.47. The molecule has 0 fully saturated rings. The highest BCUT2D eigenvalue weighted by atomic mass is 28.3. The summed E-state index contributed by atoms with van der Waals surface area (Å²) in [4.78, 5) is 0. The Morgan fingerprint density at radius 1 is 1.08 bits per heavy atom. The third-order valence-corrected chi connectivity index (χ3v) is 10.6. The molecule has 0 radical (unpaired) electrons. The van der Waals surface area contributed by atoms with Crippen molar-refractivity contribution in [1.82, 2.24) is 0 Å². The quantitative estimate of drug-likeness (QED) is 0.658. The molecule has 2 heteroatoms. The molecule has 0 saturated heterocycles. The molecule has 0 nitrogen and oxygen atoms in total. The molecule has 0 atom stereocenters. The van der Waals surface area contributed by atoms with Gasteiger partial charge in [-0.25, -0.2) is 0 Å². The summed E-state index contributed by atoms with van der Waals surface area (Å²) >= 11 is 0.171. The van der Waals surface area contributed by atoms with Gasteiger partial charge in [0, 0.05) is 8.07 Å². The minimum absolute atomic E-state index is 0.171. The minimum Gasteiger partial charge on any atom is -0.149 e. The second-order valence-electron chi connectivity index (χ2n) is 4.90. The Balaban J connectivity index is 2.29. The first-order valence-electron chi connectivity index (χ1n) is 5.12. The van der Waals surface area contributed by atoms with E-state index in [0.717, 1.165) is 0 Å². The fraction of sp³-hybridized carbons (Fsp3) is 0.455. The van der Waals surface area contributed by atoms with Gasteiger partial charge < -0.3 is 0 Å². The van der Waals surface area contributed by atoms with E-state index in [2.05, 4.69) is 50.0 Å². The van der Waals surface area contributed by atoms with E-state index in [1.165, 1.54) is 4.55 Å². The van der Waals surface area contributed by atoms with E-state index in [1.807, 2.05) is 0 Å². The number of benzene rings is 1.